The summed E-state index contributed by atoms with van der Waals surface area (Å²) in [6.07, 6.45) is -1.20. The Morgan fingerprint density at radius 2 is 1.96 bits per heavy atom. The van der Waals surface area contributed by atoms with E-state index in [1.807, 2.05) is 6.07 Å². The van der Waals surface area contributed by atoms with Crippen LogP contribution in [0.25, 0.3) is 0 Å². The van der Waals surface area contributed by atoms with E-state index < -0.39 is 36.0 Å². The van der Waals surface area contributed by atoms with Gasteiger partial charge in [-0.1, -0.05) is 30.3 Å². The van der Waals surface area contributed by atoms with Gasteiger partial charge in [-0.2, -0.15) is 0 Å². The van der Waals surface area contributed by atoms with E-state index in [2.05, 4.69) is 0 Å². The maximum Gasteiger partial charge on any atom is 0.410 e. The molecular formula is C19H23F2NO5. The monoisotopic (exact) mass is 383 g/mol. The van der Waals surface area contributed by atoms with Crippen molar-refractivity contribution in [2.45, 2.75) is 44.4 Å². The molecule has 3 atom stereocenters. The second kappa shape index (κ2) is 8.21. The largest absolute Gasteiger partial charge is 0.466 e. The summed E-state index contributed by atoms with van der Waals surface area (Å²) >= 11 is 0. The van der Waals surface area contributed by atoms with Gasteiger partial charge in [-0.3, -0.25) is 9.69 Å². The van der Waals surface area contributed by atoms with E-state index in [0.29, 0.717) is 0 Å². The summed E-state index contributed by atoms with van der Waals surface area (Å²) < 4.78 is 45.3. The SMILES string of the molecule is CCOC(=O)C[C@@H]1CC2COCC(N2C(=O)OCc2ccccc2)C1(F)F. The molecule has 2 aliphatic heterocycles. The molecule has 27 heavy (non-hydrogen) atoms. The molecule has 8 heteroatoms. The van der Waals surface area contributed by atoms with Crippen LogP contribution in [-0.2, 0) is 25.6 Å². The van der Waals surface area contributed by atoms with Crippen molar-refractivity contribution in [3.8, 4) is 0 Å². The van der Waals surface area contributed by atoms with Crippen molar-refractivity contribution in [2.24, 2.45) is 5.92 Å². The Kier molecular flexibility index (Phi) is 5.94. The van der Waals surface area contributed by atoms with Gasteiger partial charge in [-0.15, -0.1) is 0 Å². The number of nitrogens with zero attached hydrogens (tertiary/aromatic N) is 1. The van der Waals surface area contributed by atoms with Crippen molar-refractivity contribution in [1.82, 2.24) is 4.90 Å². The molecule has 3 rings (SSSR count). The van der Waals surface area contributed by atoms with Crippen LogP contribution in [0.15, 0.2) is 30.3 Å². The molecule has 1 aromatic carbocycles. The number of morpholine rings is 1. The first kappa shape index (κ1) is 19.5. The van der Waals surface area contributed by atoms with Gasteiger partial charge in [0.15, 0.2) is 0 Å². The molecule has 2 heterocycles. The minimum absolute atomic E-state index is 0.00823. The average molecular weight is 383 g/mol. The van der Waals surface area contributed by atoms with E-state index in [1.54, 1.807) is 31.2 Å². The van der Waals surface area contributed by atoms with Gasteiger partial charge in [-0.25, -0.2) is 13.6 Å². The van der Waals surface area contributed by atoms with Crippen LogP contribution in [0.4, 0.5) is 13.6 Å². The maximum absolute atomic E-state index is 15.0. The number of benzene rings is 1. The van der Waals surface area contributed by atoms with E-state index in [-0.39, 0.29) is 39.3 Å². The molecule has 0 N–H and O–H groups in total. The third-order valence-corrected chi connectivity index (χ3v) is 4.99. The average Bonchev–Trinajstić information content (AvgIpc) is 2.65. The topological polar surface area (TPSA) is 65.1 Å². The lowest BCUT2D eigenvalue weighted by molar-refractivity contribution is -0.212. The number of esters is 1. The molecule has 2 unspecified atom stereocenters. The molecule has 1 aromatic rings. The summed E-state index contributed by atoms with van der Waals surface area (Å²) in [6.45, 7) is 1.64. The number of halogens is 2. The smallest absolute Gasteiger partial charge is 0.410 e. The van der Waals surface area contributed by atoms with Gasteiger partial charge in [0.05, 0.1) is 32.3 Å². The van der Waals surface area contributed by atoms with Gasteiger partial charge >= 0.3 is 12.1 Å². The number of carbonyl (C=O) groups is 2. The zero-order valence-electron chi connectivity index (χ0n) is 15.1. The number of alkyl halides is 2. The number of ether oxygens (including phenoxy) is 3. The minimum Gasteiger partial charge on any atom is -0.466 e. The highest BCUT2D eigenvalue weighted by molar-refractivity contribution is 5.71. The van der Waals surface area contributed by atoms with Crippen molar-refractivity contribution in [1.29, 1.82) is 0 Å². The summed E-state index contributed by atoms with van der Waals surface area (Å²) in [7, 11) is 0. The van der Waals surface area contributed by atoms with E-state index in [0.717, 1.165) is 10.5 Å². The standard InChI is InChI=1S/C19H23F2NO5/c1-2-26-17(23)9-14-8-15-11-25-12-16(19(14,20)21)22(15)18(24)27-10-13-6-4-3-5-7-13/h3-7,14-16H,2,8-12H2,1H3/t14-,15?,16?/m0/s1. The Labute approximate surface area is 156 Å². The summed E-state index contributed by atoms with van der Waals surface area (Å²) in [5.74, 6) is -5.11. The number of hydrogen-bond donors (Lipinski definition) is 0. The molecule has 6 nitrogen and oxygen atoms in total. The molecular weight excluding hydrogens is 360 g/mol. The zero-order valence-corrected chi connectivity index (χ0v) is 15.1. The quantitative estimate of drug-likeness (QED) is 0.732. The Balaban J connectivity index is 1.70. The molecule has 0 radical (unpaired) electrons. The number of rotatable bonds is 5. The van der Waals surface area contributed by atoms with Gasteiger partial charge in [0, 0.05) is 5.92 Å². The van der Waals surface area contributed by atoms with Crippen molar-refractivity contribution < 1.29 is 32.6 Å². The third-order valence-electron chi connectivity index (χ3n) is 4.99. The van der Waals surface area contributed by atoms with Crippen LogP contribution in [0.2, 0.25) is 0 Å². The van der Waals surface area contributed by atoms with Gasteiger partial charge in [0.25, 0.3) is 5.92 Å². The van der Waals surface area contributed by atoms with Gasteiger partial charge in [-0.05, 0) is 18.9 Å². The predicted molar refractivity (Wildman–Crippen MR) is 91.2 cm³/mol. The lowest BCUT2D eigenvalue weighted by Gasteiger charge is -2.51. The van der Waals surface area contributed by atoms with Crippen LogP contribution in [0, 0.1) is 5.92 Å². The molecule has 0 aromatic heterocycles. The maximum atomic E-state index is 15.0. The van der Waals surface area contributed by atoms with Crippen molar-refractivity contribution in [3.63, 3.8) is 0 Å². The van der Waals surface area contributed by atoms with Crippen LogP contribution in [-0.4, -0.2) is 54.8 Å². The van der Waals surface area contributed by atoms with E-state index in [1.165, 1.54) is 0 Å². The lowest BCUT2D eigenvalue weighted by atomic mass is 9.80. The molecule has 0 aliphatic carbocycles. The summed E-state index contributed by atoms with van der Waals surface area (Å²) in [5, 5.41) is 0. The highest BCUT2D eigenvalue weighted by Crippen LogP contribution is 2.44. The molecule has 0 saturated carbocycles. The fourth-order valence-electron chi connectivity index (χ4n) is 3.68. The van der Waals surface area contributed by atoms with E-state index in [4.69, 9.17) is 14.2 Å². The molecule has 2 aliphatic rings. The Hall–Kier alpha value is -2.22. The van der Waals surface area contributed by atoms with Gasteiger partial charge < -0.3 is 14.2 Å². The first-order chi connectivity index (χ1) is 12.9. The van der Waals surface area contributed by atoms with Gasteiger partial charge in [0.1, 0.15) is 12.6 Å². The number of carbonyl (C=O) groups excluding carboxylic acids is 2. The van der Waals surface area contributed by atoms with Crippen LogP contribution < -0.4 is 0 Å². The summed E-state index contributed by atoms with van der Waals surface area (Å²) in [6, 6.07) is 7.02. The second-order valence-electron chi connectivity index (χ2n) is 6.77. The predicted octanol–water partition coefficient (Wildman–Crippen LogP) is 3.00. The number of hydrogen-bond acceptors (Lipinski definition) is 5. The normalized spacial score (nSPS) is 26.3. The fraction of sp³-hybridized carbons (Fsp3) is 0.579. The molecule has 1 amide bonds. The van der Waals surface area contributed by atoms with Crippen LogP contribution in [0.1, 0.15) is 25.3 Å². The summed E-state index contributed by atoms with van der Waals surface area (Å²) in [4.78, 5) is 25.3. The highest BCUT2D eigenvalue weighted by Gasteiger charge is 2.59. The Bertz CT molecular complexity index is 669. The minimum atomic E-state index is -3.27. The van der Waals surface area contributed by atoms with Crippen molar-refractivity contribution in [3.05, 3.63) is 35.9 Å². The number of fused-ring (bicyclic) bond motifs is 2. The lowest BCUT2D eigenvalue weighted by Crippen LogP contribution is -2.68. The van der Waals surface area contributed by atoms with E-state index in [9.17, 15) is 18.4 Å². The Morgan fingerprint density at radius 3 is 2.67 bits per heavy atom. The second-order valence-corrected chi connectivity index (χ2v) is 6.77. The molecule has 2 bridgehead atoms. The van der Waals surface area contributed by atoms with Crippen LogP contribution in [0.3, 0.4) is 0 Å². The fourth-order valence-corrected chi connectivity index (χ4v) is 3.68. The molecule has 0 spiro atoms. The Morgan fingerprint density at radius 1 is 1.22 bits per heavy atom. The number of amides is 1. The first-order valence-corrected chi connectivity index (χ1v) is 9.03. The highest BCUT2D eigenvalue weighted by atomic mass is 19.3. The summed E-state index contributed by atoms with van der Waals surface area (Å²) in [5.41, 5.74) is 0.774. The van der Waals surface area contributed by atoms with E-state index >= 15 is 0 Å². The first-order valence-electron chi connectivity index (χ1n) is 9.03. The van der Waals surface area contributed by atoms with Crippen LogP contribution in [0.5, 0.6) is 0 Å². The van der Waals surface area contributed by atoms with Crippen molar-refractivity contribution >= 4 is 12.1 Å². The number of piperidine rings is 1. The molecule has 148 valence electrons. The zero-order chi connectivity index (χ0) is 19.4. The third kappa shape index (κ3) is 4.21. The van der Waals surface area contributed by atoms with Gasteiger partial charge in [0.2, 0.25) is 0 Å². The molecule has 2 saturated heterocycles. The van der Waals surface area contributed by atoms with Crippen LogP contribution >= 0.6 is 0 Å². The molecule has 2 fully saturated rings. The van der Waals surface area contributed by atoms with Crippen molar-refractivity contribution in [2.75, 3.05) is 19.8 Å².